The van der Waals surface area contributed by atoms with E-state index in [4.69, 9.17) is 10.5 Å². The van der Waals surface area contributed by atoms with Crippen LogP contribution in [0, 0.1) is 0 Å². The molecule has 17 heavy (non-hydrogen) atoms. The first-order valence-corrected chi connectivity index (χ1v) is 6.50. The van der Waals surface area contributed by atoms with E-state index in [9.17, 15) is 0 Å². The fourth-order valence-corrected chi connectivity index (χ4v) is 2.46. The smallest absolute Gasteiger partial charge is 0.0471 e. The molecule has 1 aromatic carbocycles. The van der Waals surface area contributed by atoms with E-state index in [0.29, 0.717) is 5.92 Å². The first-order valence-electron chi connectivity index (χ1n) is 6.50. The average Bonchev–Trinajstić information content (AvgIpc) is 2.29. The topological polar surface area (TPSA) is 35.2 Å². The molecule has 0 radical (unpaired) electrons. The summed E-state index contributed by atoms with van der Waals surface area (Å²) in [6, 6.07) is 8.97. The number of benzene rings is 1. The molecule has 2 N–H and O–H groups in total. The van der Waals surface area contributed by atoms with Crippen molar-refractivity contribution in [1.82, 2.24) is 0 Å². The van der Waals surface area contributed by atoms with Gasteiger partial charge in [-0.3, -0.25) is 0 Å². The molecule has 2 heteroatoms. The average molecular weight is 233 g/mol. The third-order valence-electron chi connectivity index (χ3n) is 3.33. The highest BCUT2D eigenvalue weighted by Crippen LogP contribution is 2.27. The standard InChI is InChI=1S/C15H23NO/c1-15(2,16)11-12-3-5-13(6-4-12)14-7-9-17-10-8-14/h3-6,14H,7-11,16H2,1-2H3. The highest BCUT2D eigenvalue weighted by molar-refractivity contribution is 5.26. The lowest BCUT2D eigenvalue weighted by molar-refractivity contribution is 0.0853. The first kappa shape index (κ1) is 12.6. The summed E-state index contributed by atoms with van der Waals surface area (Å²) in [6.45, 7) is 5.95. The van der Waals surface area contributed by atoms with Crippen LogP contribution in [0.15, 0.2) is 24.3 Å². The molecule has 0 spiro atoms. The lowest BCUT2D eigenvalue weighted by Crippen LogP contribution is -2.34. The van der Waals surface area contributed by atoms with Crippen LogP contribution < -0.4 is 5.73 Å². The number of hydrogen-bond donors (Lipinski definition) is 1. The van der Waals surface area contributed by atoms with Gasteiger partial charge < -0.3 is 10.5 Å². The zero-order valence-electron chi connectivity index (χ0n) is 10.9. The van der Waals surface area contributed by atoms with Crippen LogP contribution in [0.1, 0.15) is 43.7 Å². The van der Waals surface area contributed by atoms with Crippen LogP contribution in [0.25, 0.3) is 0 Å². The minimum Gasteiger partial charge on any atom is -0.381 e. The molecular formula is C15H23NO. The summed E-state index contributed by atoms with van der Waals surface area (Å²) in [5.74, 6) is 0.684. The van der Waals surface area contributed by atoms with Crippen molar-refractivity contribution in [3.05, 3.63) is 35.4 Å². The minimum absolute atomic E-state index is 0.125. The van der Waals surface area contributed by atoms with E-state index in [1.807, 2.05) is 0 Å². The lowest BCUT2D eigenvalue weighted by atomic mass is 9.89. The summed E-state index contributed by atoms with van der Waals surface area (Å²) in [5.41, 5.74) is 8.68. The first-order chi connectivity index (χ1) is 8.04. The van der Waals surface area contributed by atoms with Gasteiger partial charge in [0, 0.05) is 18.8 Å². The Morgan fingerprint density at radius 3 is 2.29 bits per heavy atom. The maximum atomic E-state index is 6.03. The van der Waals surface area contributed by atoms with Crippen LogP contribution in [-0.4, -0.2) is 18.8 Å². The summed E-state index contributed by atoms with van der Waals surface area (Å²) in [5, 5.41) is 0. The van der Waals surface area contributed by atoms with E-state index in [-0.39, 0.29) is 5.54 Å². The molecule has 0 atom stereocenters. The van der Waals surface area contributed by atoms with Gasteiger partial charge in [0.15, 0.2) is 0 Å². The van der Waals surface area contributed by atoms with Crippen molar-refractivity contribution in [2.45, 2.75) is 44.6 Å². The molecule has 1 aliphatic rings. The normalized spacial score (nSPS) is 18.3. The Balaban J connectivity index is 2.02. The van der Waals surface area contributed by atoms with Gasteiger partial charge >= 0.3 is 0 Å². The second-order valence-electron chi connectivity index (χ2n) is 5.79. The van der Waals surface area contributed by atoms with E-state index in [1.54, 1.807) is 0 Å². The van der Waals surface area contributed by atoms with Gasteiger partial charge in [0.25, 0.3) is 0 Å². The van der Waals surface area contributed by atoms with E-state index < -0.39 is 0 Å². The Kier molecular flexibility index (Phi) is 3.85. The fraction of sp³-hybridized carbons (Fsp3) is 0.600. The monoisotopic (exact) mass is 233 g/mol. The van der Waals surface area contributed by atoms with Gasteiger partial charge in [0.05, 0.1) is 0 Å². The van der Waals surface area contributed by atoms with Crippen LogP contribution >= 0.6 is 0 Å². The Labute approximate surface area is 104 Å². The third kappa shape index (κ3) is 3.83. The van der Waals surface area contributed by atoms with Gasteiger partial charge in [-0.15, -0.1) is 0 Å². The molecule has 0 unspecified atom stereocenters. The third-order valence-corrected chi connectivity index (χ3v) is 3.33. The predicted molar refractivity (Wildman–Crippen MR) is 71.2 cm³/mol. The maximum Gasteiger partial charge on any atom is 0.0471 e. The van der Waals surface area contributed by atoms with Gasteiger partial charge in [0.2, 0.25) is 0 Å². The molecule has 0 aromatic heterocycles. The van der Waals surface area contributed by atoms with Crippen molar-refractivity contribution in [2.75, 3.05) is 13.2 Å². The van der Waals surface area contributed by atoms with Crippen molar-refractivity contribution in [3.63, 3.8) is 0 Å². The molecule has 1 heterocycles. The summed E-state index contributed by atoms with van der Waals surface area (Å²) in [7, 11) is 0. The second-order valence-corrected chi connectivity index (χ2v) is 5.79. The van der Waals surface area contributed by atoms with Gasteiger partial charge in [-0.25, -0.2) is 0 Å². The molecule has 0 amide bonds. The predicted octanol–water partition coefficient (Wildman–Crippen LogP) is 2.86. The van der Waals surface area contributed by atoms with Gasteiger partial charge in [-0.05, 0) is 50.2 Å². The van der Waals surface area contributed by atoms with Crippen molar-refractivity contribution >= 4 is 0 Å². The molecule has 2 rings (SSSR count). The summed E-state index contributed by atoms with van der Waals surface area (Å²) >= 11 is 0. The Bertz CT molecular complexity index is 344. The zero-order chi connectivity index (χ0) is 12.3. The summed E-state index contributed by atoms with van der Waals surface area (Å²) in [6.07, 6.45) is 3.24. The number of rotatable bonds is 3. The van der Waals surface area contributed by atoms with E-state index >= 15 is 0 Å². The molecule has 1 fully saturated rings. The Hall–Kier alpha value is -0.860. The Morgan fingerprint density at radius 2 is 1.76 bits per heavy atom. The number of hydrogen-bond acceptors (Lipinski definition) is 2. The molecule has 1 saturated heterocycles. The molecule has 0 saturated carbocycles. The molecule has 1 aliphatic heterocycles. The second kappa shape index (κ2) is 5.19. The molecule has 1 aromatic rings. The summed E-state index contributed by atoms with van der Waals surface area (Å²) in [4.78, 5) is 0. The van der Waals surface area contributed by atoms with Crippen molar-refractivity contribution in [3.8, 4) is 0 Å². The van der Waals surface area contributed by atoms with Crippen LogP contribution in [0.4, 0.5) is 0 Å². The van der Waals surface area contributed by atoms with Gasteiger partial charge in [-0.1, -0.05) is 24.3 Å². The lowest BCUT2D eigenvalue weighted by Gasteiger charge is -2.23. The molecule has 2 nitrogen and oxygen atoms in total. The van der Waals surface area contributed by atoms with Crippen molar-refractivity contribution < 1.29 is 4.74 Å². The Morgan fingerprint density at radius 1 is 1.18 bits per heavy atom. The van der Waals surface area contributed by atoms with E-state index in [2.05, 4.69) is 38.1 Å². The molecule has 0 aliphatic carbocycles. The van der Waals surface area contributed by atoms with Crippen molar-refractivity contribution in [2.24, 2.45) is 5.73 Å². The van der Waals surface area contributed by atoms with E-state index in [0.717, 1.165) is 32.5 Å². The summed E-state index contributed by atoms with van der Waals surface area (Å²) < 4.78 is 5.39. The number of ether oxygens (including phenoxy) is 1. The number of nitrogens with two attached hydrogens (primary N) is 1. The minimum atomic E-state index is -0.125. The van der Waals surface area contributed by atoms with Crippen molar-refractivity contribution in [1.29, 1.82) is 0 Å². The van der Waals surface area contributed by atoms with Gasteiger partial charge in [0.1, 0.15) is 0 Å². The van der Waals surface area contributed by atoms with E-state index in [1.165, 1.54) is 11.1 Å². The van der Waals surface area contributed by atoms with Crippen LogP contribution in [0.3, 0.4) is 0 Å². The van der Waals surface area contributed by atoms with Crippen LogP contribution in [-0.2, 0) is 11.2 Å². The maximum absolute atomic E-state index is 6.03. The molecule has 94 valence electrons. The highest BCUT2D eigenvalue weighted by atomic mass is 16.5. The van der Waals surface area contributed by atoms with Crippen LogP contribution in [0.5, 0.6) is 0 Å². The zero-order valence-corrected chi connectivity index (χ0v) is 10.9. The molecular weight excluding hydrogens is 210 g/mol. The largest absolute Gasteiger partial charge is 0.381 e. The highest BCUT2D eigenvalue weighted by Gasteiger charge is 2.16. The quantitative estimate of drug-likeness (QED) is 0.871. The van der Waals surface area contributed by atoms with Gasteiger partial charge in [-0.2, -0.15) is 0 Å². The SMILES string of the molecule is CC(C)(N)Cc1ccc(C2CCOCC2)cc1. The molecule has 0 bridgehead atoms. The fourth-order valence-electron chi connectivity index (χ4n) is 2.46. The van der Waals surface area contributed by atoms with Crippen LogP contribution in [0.2, 0.25) is 0 Å².